The van der Waals surface area contributed by atoms with Crippen LogP contribution in [0.5, 0.6) is 5.75 Å². The van der Waals surface area contributed by atoms with Crippen LogP contribution in [0.2, 0.25) is 0 Å². The van der Waals surface area contributed by atoms with Gasteiger partial charge >= 0.3 is 6.03 Å². The van der Waals surface area contributed by atoms with Gasteiger partial charge in [0.15, 0.2) is 0 Å². The number of nitrogens with one attached hydrogen (secondary N) is 1. The summed E-state index contributed by atoms with van der Waals surface area (Å²) in [5.74, 6) is 0.960. The number of urea groups is 1. The zero-order valence-corrected chi connectivity index (χ0v) is 15.4. The molecule has 0 bridgehead atoms. The van der Waals surface area contributed by atoms with Gasteiger partial charge < -0.3 is 15.0 Å². The number of carbonyl (C=O) groups excluding carboxylic acids is 1. The van der Waals surface area contributed by atoms with E-state index in [0.717, 1.165) is 37.4 Å². The topological polar surface area (TPSA) is 54.5 Å². The minimum absolute atomic E-state index is 0.0575. The van der Waals surface area contributed by atoms with E-state index >= 15 is 0 Å². The molecule has 1 aromatic heterocycles. The molecule has 2 heterocycles. The number of ether oxygens (including phenoxy) is 1. The smallest absolute Gasteiger partial charge is 0.321 e. The summed E-state index contributed by atoms with van der Waals surface area (Å²) in [4.78, 5) is 18.2. The Bertz CT molecular complexity index is 805. The van der Waals surface area contributed by atoms with Crippen LogP contribution in [0.4, 0.5) is 10.5 Å². The number of nitrogens with zero attached hydrogens (tertiary/aromatic N) is 2. The van der Waals surface area contributed by atoms with E-state index in [1.54, 1.807) is 12.4 Å². The lowest BCUT2D eigenvalue weighted by Crippen LogP contribution is -2.39. The van der Waals surface area contributed by atoms with Crippen LogP contribution in [0.1, 0.15) is 37.7 Å². The Hall–Kier alpha value is -2.82. The molecule has 1 saturated carbocycles. The molecule has 0 atom stereocenters. The van der Waals surface area contributed by atoms with E-state index in [9.17, 15) is 4.79 Å². The van der Waals surface area contributed by atoms with E-state index in [2.05, 4.69) is 34.6 Å². The van der Waals surface area contributed by atoms with Crippen molar-refractivity contribution in [3.8, 4) is 5.75 Å². The molecule has 1 saturated heterocycles. The second-order valence-electron chi connectivity index (χ2n) is 7.20. The number of rotatable bonds is 4. The van der Waals surface area contributed by atoms with E-state index in [0.29, 0.717) is 6.10 Å². The number of amides is 2. The lowest BCUT2D eigenvalue weighted by molar-refractivity contribution is 0.120. The maximum absolute atomic E-state index is 12.4. The van der Waals surface area contributed by atoms with Crippen molar-refractivity contribution in [3.63, 3.8) is 0 Å². The normalized spacial score (nSPS) is 17.2. The average Bonchev–Trinajstić information content (AvgIpc) is 2.66. The number of aromatic nitrogens is 1. The quantitative estimate of drug-likeness (QED) is 0.855. The van der Waals surface area contributed by atoms with E-state index in [-0.39, 0.29) is 6.03 Å². The molecule has 5 heteroatoms. The predicted molar refractivity (Wildman–Crippen MR) is 107 cm³/mol. The molecule has 0 spiro atoms. The molecule has 0 radical (unpaired) electrons. The summed E-state index contributed by atoms with van der Waals surface area (Å²) < 4.78 is 5.99. The molecule has 1 N–H and O–H groups in total. The van der Waals surface area contributed by atoms with Gasteiger partial charge in [-0.25, -0.2) is 4.79 Å². The van der Waals surface area contributed by atoms with Crippen LogP contribution in [-0.4, -0.2) is 35.1 Å². The summed E-state index contributed by atoms with van der Waals surface area (Å²) in [6.45, 7) is 1.46. The van der Waals surface area contributed by atoms with Crippen molar-refractivity contribution in [1.82, 2.24) is 9.88 Å². The summed E-state index contributed by atoms with van der Waals surface area (Å²) in [6.07, 6.45) is 11.4. The molecule has 1 aliphatic heterocycles. The number of hydrogen-bond acceptors (Lipinski definition) is 3. The number of hydrogen-bond donors (Lipinski definition) is 1. The first-order valence-corrected chi connectivity index (χ1v) is 9.68. The average molecular weight is 363 g/mol. The summed E-state index contributed by atoms with van der Waals surface area (Å²) >= 11 is 0. The van der Waals surface area contributed by atoms with Crippen molar-refractivity contribution < 1.29 is 9.53 Å². The fourth-order valence-electron chi connectivity index (χ4n) is 3.38. The van der Waals surface area contributed by atoms with Gasteiger partial charge in [-0.1, -0.05) is 23.8 Å². The van der Waals surface area contributed by atoms with Crippen molar-refractivity contribution >= 4 is 17.8 Å². The van der Waals surface area contributed by atoms with Gasteiger partial charge in [0, 0.05) is 19.3 Å². The van der Waals surface area contributed by atoms with Crippen molar-refractivity contribution in [2.75, 3.05) is 18.4 Å². The van der Waals surface area contributed by atoms with Crippen molar-refractivity contribution in [2.24, 2.45) is 0 Å². The first kappa shape index (κ1) is 17.6. The Morgan fingerprint density at radius 3 is 2.74 bits per heavy atom. The third kappa shape index (κ3) is 4.67. The minimum atomic E-state index is -0.0575. The van der Waals surface area contributed by atoms with Crippen molar-refractivity contribution in [2.45, 2.75) is 38.2 Å². The summed E-state index contributed by atoms with van der Waals surface area (Å²) in [7, 11) is 0. The third-order valence-corrected chi connectivity index (χ3v) is 5.19. The molecular formula is C22H25N3O2. The molecular weight excluding hydrogens is 338 g/mol. The zero-order valence-electron chi connectivity index (χ0n) is 15.4. The number of pyridine rings is 1. The van der Waals surface area contributed by atoms with Gasteiger partial charge in [-0.2, -0.15) is 0 Å². The Morgan fingerprint density at radius 2 is 2.04 bits per heavy atom. The number of likely N-dealkylation sites (tertiary alicyclic amines) is 1. The summed E-state index contributed by atoms with van der Waals surface area (Å²) in [6, 6.07) is 11.9. The molecule has 5 nitrogen and oxygen atoms in total. The highest BCUT2D eigenvalue weighted by molar-refractivity contribution is 5.89. The van der Waals surface area contributed by atoms with E-state index in [1.807, 2.05) is 23.1 Å². The highest BCUT2D eigenvalue weighted by atomic mass is 16.5. The lowest BCUT2D eigenvalue weighted by atomic mass is 9.96. The fourth-order valence-corrected chi connectivity index (χ4v) is 3.38. The Kier molecular flexibility index (Phi) is 5.37. The first-order chi connectivity index (χ1) is 13.3. The maximum atomic E-state index is 12.4. The Balaban J connectivity index is 1.32. The fraction of sp³-hybridized carbons (Fsp3) is 0.364. The number of piperidine rings is 1. The molecule has 1 aromatic carbocycles. The lowest BCUT2D eigenvalue weighted by Gasteiger charge is -2.28. The number of carbonyl (C=O) groups is 1. The monoisotopic (exact) mass is 363 g/mol. The van der Waals surface area contributed by atoms with Gasteiger partial charge in [-0.05, 0) is 61.9 Å². The van der Waals surface area contributed by atoms with Crippen LogP contribution in [0.3, 0.4) is 0 Å². The van der Waals surface area contributed by atoms with Gasteiger partial charge in [0.2, 0.25) is 0 Å². The highest BCUT2D eigenvalue weighted by Crippen LogP contribution is 2.27. The summed E-state index contributed by atoms with van der Waals surface area (Å²) in [5.41, 5.74) is 3.28. The van der Waals surface area contributed by atoms with Crippen LogP contribution in [-0.2, 0) is 0 Å². The van der Waals surface area contributed by atoms with E-state index in [4.69, 9.17) is 4.74 Å². The molecule has 1 aliphatic carbocycles. The van der Waals surface area contributed by atoms with Crippen molar-refractivity contribution in [1.29, 1.82) is 0 Å². The van der Waals surface area contributed by atoms with Crippen molar-refractivity contribution in [3.05, 3.63) is 59.9 Å². The van der Waals surface area contributed by atoms with Crippen LogP contribution in [0.25, 0.3) is 6.08 Å². The molecule has 2 amide bonds. The van der Waals surface area contributed by atoms with Crippen LogP contribution >= 0.6 is 0 Å². The highest BCUT2D eigenvalue weighted by Gasteiger charge is 2.20. The van der Waals surface area contributed by atoms with Crippen LogP contribution < -0.4 is 10.1 Å². The second-order valence-corrected chi connectivity index (χ2v) is 7.20. The van der Waals surface area contributed by atoms with Gasteiger partial charge in [-0.15, -0.1) is 0 Å². The van der Waals surface area contributed by atoms with E-state index in [1.165, 1.54) is 30.4 Å². The summed E-state index contributed by atoms with van der Waals surface area (Å²) in [5, 5.41) is 2.90. The van der Waals surface area contributed by atoms with Gasteiger partial charge in [0.25, 0.3) is 0 Å². The van der Waals surface area contributed by atoms with Gasteiger partial charge in [0.1, 0.15) is 5.75 Å². The molecule has 2 aliphatic rings. The largest absolute Gasteiger partial charge is 0.490 e. The molecule has 140 valence electrons. The standard InChI is InChI=1S/C22H25N3O2/c26-22(24-19-5-3-11-23-16-19)25-12-9-17(10-13-25)14-18-4-1-8-21(15-18)27-20-6-2-7-20/h1,3-5,8,11,14-16,20H,2,6-7,9-10,12-13H2,(H,24,26). The third-order valence-electron chi connectivity index (χ3n) is 5.19. The maximum Gasteiger partial charge on any atom is 0.321 e. The minimum Gasteiger partial charge on any atom is -0.490 e. The van der Waals surface area contributed by atoms with Gasteiger partial charge in [0.05, 0.1) is 18.0 Å². The first-order valence-electron chi connectivity index (χ1n) is 9.68. The molecule has 27 heavy (non-hydrogen) atoms. The zero-order chi connectivity index (χ0) is 18.5. The van der Waals surface area contributed by atoms with Gasteiger partial charge in [-0.3, -0.25) is 4.98 Å². The predicted octanol–water partition coefficient (Wildman–Crippen LogP) is 4.72. The molecule has 0 unspecified atom stereocenters. The molecule has 4 rings (SSSR count). The molecule has 2 aromatic rings. The SMILES string of the molecule is O=C(Nc1cccnc1)N1CCC(=Cc2cccc(OC3CCC3)c2)CC1. The Morgan fingerprint density at radius 1 is 1.19 bits per heavy atom. The van der Waals surface area contributed by atoms with E-state index < -0.39 is 0 Å². The Labute approximate surface area is 160 Å². The molecule has 2 fully saturated rings. The second kappa shape index (κ2) is 8.25. The van der Waals surface area contributed by atoms with Crippen LogP contribution in [0, 0.1) is 0 Å². The number of anilines is 1. The van der Waals surface area contributed by atoms with Crippen LogP contribution in [0.15, 0.2) is 54.4 Å². The number of benzene rings is 1.